The Kier molecular flexibility index (Phi) is 4.68. The fraction of sp³-hybridized carbons (Fsp3) is 0.471. The van der Waals surface area contributed by atoms with Crippen molar-refractivity contribution in [2.24, 2.45) is 0 Å². The van der Waals surface area contributed by atoms with E-state index in [2.05, 4.69) is 51.2 Å². The maximum atomic E-state index is 5.76. The highest BCUT2D eigenvalue weighted by atomic mass is 16.5. The van der Waals surface area contributed by atoms with E-state index >= 15 is 0 Å². The van der Waals surface area contributed by atoms with E-state index in [-0.39, 0.29) is 5.54 Å². The van der Waals surface area contributed by atoms with E-state index in [1.165, 1.54) is 11.1 Å². The molecule has 1 N–H and O–H groups in total. The first kappa shape index (κ1) is 15.6. The standard InChI is InChI=1S/C17H24N2O2/c1-12-6-13(2)8-15(7-12)20-11-16-9-14(19-21-16)10-18-17(3,4)5/h6-9,18H,10-11H2,1-5H3. The average Bonchev–Trinajstić information content (AvgIpc) is 2.80. The Morgan fingerprint density at radius 2 is 1.76 bits per heavy atom. The van der Waals surface area contributed by atoms with Gasteiger partial charge in [0.1, 0.15) is 12.4 Å². The third kappa shape index (κ3) is 5.23. The van der Waals surface area contributed by atoms with Crippen LogP contribution in [0.1, 0.15) is 43.4 Å². The molecule has 1 aromatic heterocycles. The summed E-state index contributed by atoms with van der Waals surface area (Å²) >= 11 is 0. The summed E-state index contributed by atoms with van der Waals surface area (Å²) in [6.07, 6.45) is 0. The SMILES string of the molecule is Cc1cc(C)cc(OCc2cc(CNC(C)(C)C)no2)c1. The Balaban J connectivity index is 1.90. The second-order valence-electron chi connectivity index (χ2n) is 6.50. The highest BCUT2D eigenvalue weighted by Crippen LogP contribution is 2.18. The summed E-state index contributed by atoms with van der Waals surface area (Å²) in [5.41, 5.74) is 3.34. The summed E-state index contributed by atoms with van der Waals surface area (Å²) in [7, 11) is 0. The molecular weight excluding hydrogens is 264 g/mol. The van der Waals surface area contributed by atoms with E-state index in [1.807, 2.05) is 18.2 Å². The van der Waals surface area contributed by atoms with Gasteiger partial charge in [0.05, 0.1) is 5.69 Å². The topological polar surface area (TPSA) is 47.3 Å². The Labute approximate surface area is 126 Å². The van der Waals surface area contributed by atoms with Crippen LogP contribution >= 0.6 is 0 Å². The van der Waals surface area contributed by atoms with Crippen LogP contribution in [0.3, 0.4) is 0 Å². The molecule has 4 nitrogen and oxygen atoms in total. The molecule has 114 valence electrons. The molecule has 0 amide bonds. The Morgan fingerprint density at radius 3 is 2.38 bits per heavy atom. The van der Waals surface area contributed by atoms with Gasteiger partial charge >= 0.3 is 0 Å². The molecule has 0 bridgehead atoms. The molecule has 2 rings (SSSR count). The van der Waals surface area contributed by atoms with Crippen molar-refractivity contribution >= 4 is 0 Å². The normalized spacial score (nSPS) is 11.7. The van der Waals surface area contributed by atoms with Crippen LogP contribution in [-0.2, 0) is 13.2 Å². The lowest BCUT2D eigenvalue weighted by Crippen LogP contribution is -2.35. The molecule has 0 atom stereocenters. The van der Waals surface area contributed by atoms with Gasteiger partial charge in [0, 0.05) is 18.2 Å². The zero-order valence-corrected chi connectivity index (χ0v) is 13.5. The van der Waals surface area contributed by atoms with Crippen LogP contribution < -0.4 is 10.1 Å². The number of benzene rings is 1. The van der Waals surface area contributed by atoms with Gasteiger partial charge in [-0.3, -0.25) is 0 Å². The molecule has 0 saturated heterocycles. The summed E-state index contributed by atoms with van der Waals surface area (Å²) in [5.74, 6) is 1.60. The third-order valence-corrected chi connectivity index (χ3v) is 2.98. The number of nitrogens with zero attached hydrogens (tertiary/aromatic N) is 1. The lowest BCUT2D eigenvalue weighted by atomic mass is 10.1. The summed E-state index contributed by atoms with van der Waals surface area (Å²) in [6.45, 7) is 11.6. The molecule has 1 heterocycles. The monoisotopic (exact) mass is 288 g/mol. The van der Waals surface area contributed by atoms with E-state index in [9.17, 15) is 0 Å². The van der Waals surface area contributed by atoms with Crippen LogP contribution in [0.2, 0.25) is 0 Å². The van der Waals surface area contributed by atoms with E-state index in [4.69, 9.17) is 9.26 Å². The maximum absolute atomic E-state index is 5.76. The second kappa shape index (κ2) is 6.31. The highest BCUT2D eigenvalue weighted by molar-refractivity contribution is 5.33. The fourth-order valence-corrected chi connectivity index (χ4v) is 2.03. The zero-order chi connectivity index (χ0) is 15.5. The number of aryl methyl sites for hydroxylation is 2. The zero-order valence-electron chi connectivity index (χ0n) is 13.5. The van der Waals surface area contributed by atoms with Crippen LogP contribution in [-0.4, -0.2) is 10.7 Å². The van der Waals surface area contributed by atoms with Gasteiger partial charge < -0.3 is 14.6 Å². The number of rotatable bonds is 5. The predicted molar refractivity (Wildman–Crippen MR) is 83.3 cm³/mol. The van der Waals surface area contributed by atoms with Crippen LogP contribution in [0.4, 0.5) is 0 Å². The van der Waals surface area contributed by atoms with E-state index in [0.717, 1.165) is 17.2 Å². The van der Waals surface area contributed by atoms with Crippen LogP contribution in [0.15, 0.2) is 28.8 Å². The van der Waals surface area contributed by atoms with Crippen molar-refractivity contribution in [3.63, 3.8) is 0 Å². The molecule has 0 spiro atoms. The smallest absolute Gasteiger partial charge is 0.174 e. The lowest BCUT2D eigenvalue weighted by Gasteiger charge is -2.19. The number of nitrogens with one attached hydrogen (secondary N) is 1. The molecule has 0 fully saturated rings. The third-order valence-electron chi connectivity index (χ3n) is 2.98. The molecule has 1 aromatic carbocycles. The predicted octanol–water partition coefficient (Wildman–Crippen LogP) is 3.76. The van der Waals surface area contributed by atoms with Crippen molar-refractivity contribution in [1.29, 1.82) is 0 Å². The quantitative estimate of drug-likeness (QED) is 0.910. The largest absolute Gasteiger partial charge is 0.486 e. The minimum atomic E-state index is 0.0642. The van der Waals surface area contributed by atoms with Gasteiger partial charge in [0.15, 0.2) is 5.76 Å². The minimum absolute atomic E-state index is 0.0642. The highest BCUT2D eigenvalue weighted by Gasteiger charge is 2.11. The molecule has 0 aliphatic heterocycles. The number of ether oxygens (including phenoxy) is 1. The Hall–Kier alpha value is -1.81. The number of hydrogen-bond donors (Lipinski definition) is 1. The number of aromatic nitrogens is 1. The van der Waals surface area contributed by atoms with Gasteiger partial charge in [0.2, 0.25) is 0 Å². The van der Waals surface area contributed by atoms with Gasteiger partial charge in [-0.1, -0.05) is 11.2 Å². The van der Waals surface area contributed by atoms with Crippen molar-refractivity contribution in [1.82, 2.24) is 10.5 Å². The van der Waals surface area contributed by atoms with E-state index < -0.39 is 0 Å². The number of hydrogen-bond acceptors (Lipinski definition) is 4. The molecule has 0 aliphatic carbocycles. The molecule has 0 aliphatic rings. The van der Waals surface area contributed by atoms with E-state index in [1.54, 1.807) is 0 Å². The Bertz CT molecular complexity index is 577. The minimum Gasteiger partial charge on any atom is -0.486 e. The van der Waals surface area contributed by atoms with Crippen molar-refractivity contribution in [2.45, 2.75) is 53.3 Å². The maximum Gasteiger partial charge on any atom is 0.174 e. The average molecular weight is 288 g/mol. The molecule has 0 saturated carbocycles. The van der Waals surface area contributed by atoms with Gasteiger partial charge in [0.25, 0.3) is 0 Å². The van der Waals surface area contributed by atoms with Crippen LogP contribution in [0.5, 0.6) is 5.75 Å². The van der Waals surface area contributed by atoms with Gasteiger partial charge in [-0.2, -0.15) is 0 Å². The van der Waals surface area contributed by atoms with Crippen molar-refractivity contribution in [3.8, 4) is 5.75 Å². The lowest BCUT2D eigenvalue weighted by molar-refractivity contribution is 0.248. The Morgan fingerprint density at radius 1 is 1.10 bits per heavy atom. The molecular formula is C17H24N2O2. The molecule has 21 heavy (non-hydrogen) atoms. The summed E-state index contributed by atoms with van der Waals surface area (Å²) < 4.78 is 11.1. The first-order valence-electron chi connectivity index (χ1n) is 7.22. The molecule has 0 radical (unpaired) electrons. The molecule has 4 heteroatoms. The molecule has 0 unspecified atom stereocenters. The van der Waals surface area contributed by atoms with Crippen molar-refractivity contribution in [3.05, 3.63) is 46.8 Å². The van der Waals surface area contributed by atoms with Crippen molar-refractivity contribution < 1.29 is 9.26 Å². The summed E-state index contributed by atoms with van der Waals surface area (Å²) in [5, 5.41) is 7.43. The van der Waals surface area contributed by atoms with Crippen LogP contribution in [0.25, 0.3) is 0 Å². The first-order chi connectivity index (χ1) is 9.82. The van der Waals surface area contributed by atoms with Crippen molar-refractivity contribution in [2.75, 3.05) is 0 Å². The fourth-order valence-electron chi connectivity index (χ4n) is 2.03. The first-order valence-corrected chi connectivity index (χ1v) is 7.22. The summed E-state index contributed by atoms with van der Waals surface area (Å²) in [6, 6.07) is 8.09. The van der Waals surface area contributed by atoms with E-state index in [0.29, 0.717) is 13.2 Å². The molecule has 2 aromatic rings. The summed E-state index contributed by atoms with van der Waals surface area (Å²) in [4.78, 5) is 0. The van der Waals surface area contributed by atoms with Gasteiger partial charge in [-0.15, -0.1) is 0 Å². The van der Waals surface area contributed by atoms with Gasteiger partial charge in [-0.05, 0) is 57.9 Å². The second-order valence-corrected chi connectivity index (χ2v) is 6.50. The van der Waals surface area contributed by atoms with Crippen LogP contribution in [0, 0.1) is 13.8 Å². The van der Waals surface area contributed by atoms with Gasteiger partial charge in [-0.25, -0.2) is 0 Å².